The van der Waals surface area contributed by atoms with Crippen molar-refractivity contribution < 1.29 is 4.74 Å². The fraction of sp³-hybridized carbons (Fsp3) is 0.923. The maximum atomic E-state index is 5.44. The number of nitrogens with zero attached hydrogens (tertiary/aromatic N) is 2. The van der Waals surface area contributed by atoms with Crippen LogP contribution in [-0.4, -0.2) is 62.3 Å². The molecule has 1 saturated carbocycles. The lowest BCUT2D eigenvalue weighted by Gasteiger charge is -2.32. The summed E-state index contributed by atoms with van der Waals surface area (Å²) in [5, 5.41) is 6.74. The highest BCUT2D eigenvalue weighted by Gasteiger charge is 2.22. The zero-order chi connectivity index (χ0) is 12.8. The molecular formula is C13H26N4O. The van der Waals surface area contributed by atoms with Gasteiger partial charge in [-0.2, -0.15) is 0 Å². The van der Waals surface area contributed by atoms with Gasteiger partial charge in [0, 0.05) is 31.7 Å². The van der Waals surface area contributed by atoms with Gasteiger partial charge in [-0.15, -0.1) is 0 Å². The molecule has 5 nitrogen and oxygen atoms in total. The minimum absolute atomic E-state index is 0.521. The Morgan fingerprint density at radius 3 is 2.94 bits per heavy atom. The number of guanidine groups is 1. The third kappa shape index (κ3) is 4.46. The maximum Gasteiger partial charge on any atom is 0.191 e. The standard InChI is InChI=1S/C13H26N4O/c1-3-14-13(16-12-4-5-12)15-6-7-17-8-9-18-10-11(17)2/h11-12H,3-10H2,1-2H3,(H2,14,15,16). The normalized spacial score (nSPS) is 26.1. The van der Waals surface area contributed by atoms with Gasteiger partial charge >= 0.3 is 0 Å². The highest BCUT2D eigenvalue weighted by atomic mass is 16.5. The zero-order valence-corrected chi connectivity index (χ0v) is 11.6. The van der Waals surface area contributed by atoms with E-state index in [9.17, 15) is 0 Å². The van der Waals surface area contributed by atoms with E-state index in [2.05, 4.69) is 34.4 Å². The lowest BCUT2D eigenvalue weighted by Crippen LogP contribution is -2.45. The van der Waals surface area contributed by atoms with Crippen molar-refractivity contribution in [1.82, 2.24) is 15.5 Å². The number of rotatable bonds is 5. The Morgan fingerprint density at radius 1 is 1.44 bits per heavy atom. The molecule has 5 heteroatoms. The van der Waals surface area contributed by atoms with Crippen LogP contribution in [0.25, 0.3) is 0 Å². The van der Waals surface area contributed by atoms with E-state index in [-0.39, 0.29) is 0 Å². The van der Waals surface area contributed by atoms with Crippen molar-refractivity contribution in [3.05, 3.63) is 0 Å². The molecule has 0 bridgehead atoms. The molecule has 2 rings (SSSR count). The van der Waals surface area contributed by atoms with Crippen molar-refractivity contribution in [2.75, 3.05) is 39.4 Å². The number of morpholine rings is 1. The molecule has 2 aliphatic rings. The molecule has 1 aliphatic heterocycles. The van der Waals surface area contributed by atoms with Crippen molar-refractivity contribution in [3.63, 3.8) is 0 Å². The fourth-order valence-corrected chi connectivity index (χ4v) is 2.12. The molecule has 1 unspecified atom stereocenters. The summed E-state index contributed by atoms with van der Waals surface area (Å²) in [4.78, 5) is 7.09. The van der Waals surface area contributed by atoms with Gasteiger partial charge in [-0.05, 0) is 26.7 Å². The molecule has 104 valence electrons. The predicted molar refractivity (Wildman–Crippen MR) is 74.0 cm³/mol. The van der Waals surface area contributed by atoms with Crippen molar-refractivity contribution in [2.24, 2.45) is 4.99 Å². The van der Waals surface area contributed by atoms with Crippen LogP contribution in [0.3, 0.4) is 0 Å². The van der Waals surface area contributed by atoms with Gasteiger partial charge in [-0.3, -0.25) is 9.89 Å². The van der Waals surface area contributed by atoms with Gasteiger partial charge in [0.2, 0.25) is 0 Å². The van der Waals surface area contributed by atoms with Crippen molar-refractivity contribution >= 4 is 5.96 Å². The Balaban J connectivity index is 1.72. The van der Waals surface area contributed by atoms with Gasteiger partial charge in [0.1, 0.15) is 0 Å². The summed E-state index contributed by atoms with van der Waals surface area (Å²) in [7, 11) is 0. The lowest BCUT2D eigenvalue weighted by atomic mass is 10.2. The van der Waals surface area contributed by atoms with Gasteiger partial charge in [-0.1, -0.05) is 0 Å². The van der Waals surface area contributed by atoms with Crippen LogP contribution in [0.5, 0.6) is 0 Å². The van der Waals surface area contributed by atoms with Crippen LogP contribution < -0.4 is 10.6 Å². The number of ether oxygens (including phenoxy) is 1. The third-order valence-electron chi connectivity index (χ3n) is 3.42. The van der Waals surface area contributed by atoms with E-state index >= 15 is 0 Å². The van der Waals surface area contributed by atoms with E-state index in [4.69, 9.17) is 4.74 Å². The van der Waals surface area contributed by atoms with E-state index in [1.165, 1.54) is 12.8 Å². The van der Waals surface area contributed by atoms with Crippen LogP contribution in [0.15, 0.2) is 4.99 Å². The monoisotopic (exact) mass is 254 g/mol. The Hall–Kier alpha value is -0.810. The number of hydrogen-bond donors (Lipinski definition) is 2. The molecule has 0 aromatic carbocycles. The molecular weight excluding hydrogens is 228 g/mol. The molecule has 0 spiro atoms. The Kier molecular flexibility index (Phi) is 5.26. The molecule has 1 saturated heterocycles. The van der Waals surface area contributed by atoms with Crippen LogP contribution in [0.2, 0.25) is 0 Å². The molecule has 2 fully saturated rings. The van der Waals surface area contributed by atoms with E-state index < -0.39 is 0 Å². The minimum Gasteiger partial charge on any atom is -0.379 e. The first-order valence-electron chi connectivity index (χ1n) is 7.16. The molecule has 0 radical (unpaired) electrons. The summed E-state index contributed by atoms with van der Waals surface area (Å²) >= 11 is 0. The third-order valence-corrected chi connectivity index (χ3v) is 3.42. The van der Waals surface area contributed by atoms with Gasteiger partial charge in [0.15, 0.2) is 5.96 Å². The Labute approximate surface area is 110 Å². The first kappa shape index (κ1) is 13.6. The summed E-state index contributed by atoms with van der Waals surface area (Å²) < 4.78 is 5.44. The smallest absolute Gasteiger partial charge is 0.191 e. The lowest BCUT2D eigenvalue weighted by molar-refractivity contribution is 0.00141. The van der Waals surface area contributed by atoms with E-state index in [0.717, 1.165) is 45.4 Å². The summed E-state index contributed by atoms with van der Waals surface area (Å²) in [6.45, 7) is 9.86. The first-order chi connectivity index (χ1) is 8.79. The van der Waals surface area contributed by atoms with E-state index in [1.54, 1.807) is 0 Å². The topological polar surface area (TPSA) is 48.9 Å². The first-order valence-corrected chi connectivity index (χ1v) is 7.16. The number of nitrogens with one attached hydrogen (secondary N) is 2. The van der Waals surface area contributed by atoms with Crippen LogP contribution >= 0.6 is 0 Å². The van der Waals surface area contributed by atoms with Crippen LogP contribution in [0.1, 0.15) is 26.7 Å². The average molecular weight is 254 g/mol. The molecule has 0 aromatic heterocycles. The maximum absolute atomic E-state index is 5.44. The van der Waals surface area contributed by atoms with Crippen LogP contribution in [0, 0.1) is 0 Å². The quantitative estimate of drug-likeness (QED) is 0.552. The van der Waals surface area contributed by atoms with Crippen LogP contribution in [0.4, 0.5) is 0 Å². The Morgan fingerprint density at radius 2 is 2.28 bits per heavy atom. The Bertz CT molecular complexity index is 278. The van der Waals surface area contributed by atoms with Gasteiger partial charge in [0.25, 0.3) is 0 Å². The molecule has 1 atom stereocenters. The van der Waals surface area contributed by atoms with Gasteiger partial charge < -0.3 is 15.4 Å². The largest absolute Gasteiger partial charge is 0.379 e. The average Bonchev–Trinajstić information content (AvgIpc) is 3.16. The van der Waals surface area contributed by atoms with Crippen molar-refractivity contribution in [2.45, 2.75) is 38.8 Å². The van der Waals surface area contributed by atoms with E-state index in [1.807, 2.05) is 0 Å². The van der Waals surface area contributed by atoms with Gasteiger partial charge in [-0.25, -0.2) is 0 Å². The van der Waals surface area contributed by atoms with Crippen molar-refractivity contribution in [1.29, 1.82) is 0 Å². The summed E-state index contributed by atoms with van der Waals surface area (Å²) in [6.07, 6.45) is 2.57. The van der Waals surface area contributed by atoms with E-state index in [0.29, 0.717) is 12.1 Å². The summed E-state index contributed by atoms with van der Waals surface area (Å²) in [5.74, 6) is 0.973. The van der Waals surface area contributed by atoms with Gasteiger partial charge in [0.05, 0.1) is 19.8 Å². The molecule has 1 aliphatic carbocycles. The highest BCUT2D eigenvalue weighted by molar-refractivity contribution is 5.80. The fourth-order valence-electron chi connectivity index (χ4n) is 2.12. The van der Waals surface area contributed by atoms with Crippen LogP contribution in [-0.2, 0) is 4.74 Å². The SMILES string of the molecule is CCNC(=NCCN1CCOCC1C)NC1CC1. The predicted octanol–water partition coefficient (Wildman–Crippen LogP) is 0.425. The molecule has 0 aromatic rings. The molecule has 0 amide bonds. The second kappa shape index (κ2) is 6.95. The number of hydrogen-bond acceptors (Lipinski definition) is 3. The second-order valence-electron chi connectivity index (χ2n) is 5.14. The highest BCUT2D eigenvalue weighted by Crippen LogP contribution is 2.18. The van der Waals surface area contributed by atoms with Crippen molar-refractivity contribution in [3.8, 4) is 0 Å². The second-order valence-corrected chi connectivity index (χ2v) is 5.14. The minimum atomic E-state index is 0.521. The number of aliphatic imine (C=N–C) groups is 1. The summed E-state index contributed by atoms with van der Waals surface area (Å²) in [5.41, 5.74) is 0. The molecule has 1 heterocycles. The molecule has 2 N–H and O–H groups in total. The molecule has 18 heavy (non-hydrogen) atoms. The zero-order valence-electron chi connectivity index (χ0n) is 11.6. The summed E-state index contributed by atoms with van der Waals surface area (Å²) in [6, 6.07) is 1.18.